The molecule has 0 unspecified atom stereocenters. The number of nitrogens with one attached hydrogen (secondary N) is 1. The molecule has 0 radical (unpaired) electrons. The second-order valence-electron chi connectivity index (χ2n) is 4.49. The van der Waals surface area contributed by atoms with E-state index in [4.69, 9.17) is 0 Å². The summed E-state index contributed by atoms with van der Waals surface area (Å²) in [5, 5.41) is 13.1. The molecule has 3 nitrogen and oxygen atoms in total. The zero-order valence-electron chi connectivity index (χ0n) is 10.2. The zero-order chi connectivity index (χ0) is 11.1. The SMILES string of the molecule is CCCN(CC)CCN[C@H]1CCC[C@@H]1O. The molecule has 0 saturated heterocycles. The summed E-state index contributed by atoms with van der Waals surface area (Å²) in [6.07, 6.45) is 4.40. The maximum Gasteiger partial charge on any atom is 0.0693 e. The summed E-state index contributed by atoms with van der Waals surface area (Å²) in [7, 11) is 0. The average molecular weight is 214 g/mol. The van der Waals surface area contributed by atoms with Crippen LogP contribution in [0.3, 0.4) is 0 Å². The third kappa shape index (κ3) is 4.49. The number of nitrogens with zero attached hydrogens (tertiary/aromatic N) is 1. The van der Waals surface area contributed by atoms with Gasteiger partial charge in [0.25, 0.3) is 0 Å². The summed E-state index contributed by atoms with van der Waals surface area (Å²) in [5.74, 6) is 0. The normalized spacial score (nSPS) is 26.4. The van der Waals surface area contributed by atoms with Gasteiger partial charge in [0.1, 0.15) is 0 Å². The first-order chi connectivity index (χ1) is 7.27. The predicted molar refractivity (Wildman–Crippen MR) is 64.1 cm³/mol. The van der Waals surface area contributed by atoms with Gasteiger partial charge in [0.15, 0.2) is 0 Å². The molecule has 0 heterocycles. The number of hydrogen-bond acceptors (Lipinski definition) is 3. The van der Waals surface area contributed by atoms with Gasteiger partial charge in [-0.15, -0.1) is 0 Å². The minimum atomic E-state index is -0.105. The minimum Gasteiger partial charge on any atom is -0.392 e. The van der Waals surface area contributed by atoms with Crippen LogP contribution in [-0.4, -0.2) is 48.3 Å². The molecule has 0 aliphatic heterocycles. The molecule has 0 spiro atoms. The van der Waals surface area contributed by atoms with Crippen molar-refractivity contribution in [2.45, 2.75) is 51.7 Å². The van der Waals surface area contributed by atoms with Gasteiger partial charge in [0, 0.05) is 19.1 Å². The minimum absolute atomic E-state index is 0.105. The number of aliphatic hydroxyl groups excluding tert-OH is 1. The molecule has 1 saturated carbocycles. The summed E-state index contributed by atoms with van der Waals surface area (Å²) >= 11 is 0. The number of likely N-dealkylation sites (N-methyl/N-ethyl adjacent to an activating group) is 1. The molecule has 2 N–H and O–H groups in total. The number of rotatable bonds is 7. The van der Waals surface area contributed by atoms with Crippen molar-refractivity contribution in [1.29, 1.82) is 0 Å². The van der Waals surface area contributed by atoms with Crippen LogP contribution in [0, 0.1) is 0 Å². The lowest BCUT2D eigenvalue weighted by atomic mass is 10.2. The first-order valence-electron chi connectivity index (χ1n) is 6.41. The van der Waals surface area contributed by atoms with Crippen molar-refractivity contribution >= 4 is 0 Å². The van der Waals surface area contributed by atoms with Crippen LogP contribution >= 0.6 is 0 Å². The lowest BCUT2D eigenvalue weighted by molar-refractivity contribution is 0.146. The Morgan fingerprint density at radius 2 is 2.07 bits per heavy atom. The monoisotopic (exact) mass is 214 g/mol. The third-order valence-corrected chi connectivity index (χ3v) is 3.30. The van der Waals surface area contributed by atoms with Gasteiger partial charge < -0.3 is 15.3 Å². The lowest BCUT2D eigenvalue weighted by Crippen LogP contribution is -2.40. The fourth-order valence-electron chi connectivity index (χ4n) is 2.33. The highest BCUT2D eigenvalue weighted by Gasteiger charge is 2.24. The summed E-state index contributed by atoms with van der Waals surface area (Å²) in [6.45, 7) is 8.86. The molecule has 0 aromatic heterocycles. The Hall–Kier alpha value is -0.120. The van der Waals surface area contributed by atoms with Gasteiger partial charge in [-0.2, -0.15) is 0 Å². The van der Waals surface area contributed by atoms with Crippen LogP contribution in [0.5, 0.6) is 0 Å². The van der Waals surface area contributed by atoms with Gasteiger partial charge in [-0.05, 0) is 38.8 Å². The fraction of sp³-hybridized carbons (Fsp3) is 1.00. The molecule has 1 aliphatic rings. The Balaban J connectivity index is 2.08. The standard InChI is InChI=1S/C12H26N2O/c1-3-9-14(4-2)10-8-13-11-6-5-7-12(11)15/h11-13,15H,3-10H2,1-2H3/t11-,12-/m0/s1. The summed E-state index contributed by atoms with van der Waals surface area (Å²) in [4.78, 5) is 2.45. The summed E-state index contributed by atoms with van der Waals surface area (Å²) < 4.78 is 0. The van der Waals surface area contributed by atoms with E-state index in [-0.39, 0.29) is 6.10 Å². The van der Waals surface area contributed by atoms with E-state index in [0.717, 1.165) is 32.5 Å². The predicted octanol–water partition coefficient (Wildman–Crippen LogP) is 1.22. The van der Waals surface area contributed by atoms with E-state index in [1.165, 1.54) is 19.4 Å². The van der Waals surface area contributed by atoms with Gasteiger partial charge >= 0.3 is 0 Å². The quantitative estimate of drug-likeness (QED) is 0.669. The molecule has 0 amide bonds. The molecule has 3 heteroatoms. The molecule has 0 aromatic rings. The molecule has 15 heavy (non-hydrogen) atoms. The molecular formula is C12H26N2O. The van der Waals surface area contributed by atoms with Crippen LogP contribution in [0.4, 0.5) is 0 Å². The van der Waals surface area contributed by atoms with Gasteiger partial charge in [0.2, 0.25) is 0 Å². The first kappa shape index (κ1) is 12.9. The highest BCUT2D eigenvalue weighted by molar-refractivity contribution is 4.82. The number of aliphatic hydroxyl groups is 1. The third-order valence-electron chi connectivity index (χ3n) is 3.30. The van der Waals surface area contributed by atoms with Crippen LogP contribution in [0.2, 0.25) is 0 Å². The Kier molecular flexibility index (Phi) is 6.22. The Morgan fingerprint density at radius 3 is 2.60 bits per heavy atom. The zero-order valence-corrected chi connectivity index (χ0v) is 10.2. The van der Waals surface area contributed by atoms with Crippen LogP contribution in [0.15, 0.2) is 0 Å². The van der Waals surface area contributed by atoms with Crippen LogP contribution in [-0.2, 0) is 0 Å². The number of hydrogen-bond donors (Lipinski definition) is 2. The highest BCUT2D eigenvalue weighted by Crippen LogP contribution is 2.18. The van der Waals surface area contributed by atoms with E-state index in [9.17, 15) is 5.11 Å². The van der Waals surface area contributed by atoms with Crippen LogP contribution < -0.4 is 5.32 Å². The topological polar surface area (TPSA) is 35.5 Å². The molecule has 1 rings (SSSR count). The van der Waals surface area contributed by atoms with E-state index in [2.05, 4.69) is 24.1 Å². The molecule has 90 valence electrons. The highest BCUT2D eigenvalue weighted by atomic mass is 16.3. The van der Waals surface area contributed by atoms with Crippen LogP contribution in [0.25, 0.3) is 0 Å². The molecule has 1 fully saturated rings. The largest absolute Gasteiger partial charge is 0.392 e. The van der Waals surface area contributed by atoms with E-state index in [0.29, 0.717) is 6.04 Å². The van der Waals surface area contributed by atoms with Gasteiger partial charge in [-0.25, -0.2) is 0 Å². The molecule has 1 aliphatic carbocycles. The van der Waals surface area contributed by atoms with Crippen molar-refractivity contribution in [2.24, 2.45) is 0 Å². The molecule has 2 atom stereocenters. The summed E-state index contributed by atoms with van der Waals surface area (Å²) in [6, 6.07) is 0.352. The lowest BCUT2D eigenvalue weighted by Gasteiger charge is -2.22. The molecule has 0 aromatic carbocycles. The van der Waals surface area contributed by atoms with E-state index < -0.39 is 0 Å². The maximum absolute atomic E-state index is 9.64. The Morgan fingerprint density at radius 1 is 1.27 bits per heavy atom. The van der Waals surface area contributed by atoms with Gasteiger partial charge in [0.05, 0.1) is 6.10 Å². The van der Waals surface area contributed by atoms with Crippen molar-refractivity contribution in [3.8, 4) is 0 Å². The fourth-order valence-corrected chi connectivity index (χ4v) is 2.33. The van der Waals surface area contributed by atoms with Crippen molar-refractivity contribution in [1.82, 2.24) is 10.2 Å². The van der Waals surface area contributed by atoms with Crippen molar-refractivity contribution < 1.29 is 5.11 Å². The first-order valence-corrected chi connectivity index (χ1v) is 6.41. The Bertz CT molecular complexity index is 164. The van der Waals surface area contributed by atoms with Gasteiger partial charge in [-0.3, -0.25) is 0 Å². The second kappa shape index (κ2) is 7.20. The molecular weight excluding hydrogens is 188 g/mol. The van der Waals surface area contributed by atoms with E-state index in [1.54, 1.807) is 0 Å². The second-order valence-corrected chi connectivity index (χ2v) is 4.49. The molecule has 0 bridgehead atoms. The Labute approximate surface area is 93.9 Å². The maximum atomic E-state index is 9.64. The average Bonchev–Trinajstić information content (AvgIpc) is 2.63. The van der Waals surface area contributed by atoms with Crippen LogP contribution in [0.1, 0.15) is 39.5 Å². The van der Waals surface area contributed by atoms with Crippen molar-refractivity contribution in [2.75, 3.05) is 26.2 Å². The van der Waals surface area contributed by atoms with E-state index in [1.807, 2.05) is 0 Å². The van der Waals surface area contributed by atoms with Gasteiger partial charge in [-0.1, -0.05) is 13.8 Å². The van der Waals surface area contributed by atoms with Crippen molar-refractivity contribution in [3.05, 3.63) is 0 Å². The summed E-state index contributed by atoms with van der Waals surface area (Å²) in [5.41, 5.74) is 0. The smallest absolute Gasteiger partial charge is 0.0693 e. The van der Waals surface area contributed by atoms with E-state index >= 15 is 0 Å². The van der Waals surface area contributed by atoms with Crippen molar-refractivity contribution in [3.63, 3.8) is 0 Å².